The van der Waals surface area contributed by atoms with Crippen LogP contribution in [0.4, 0.5) is 0 Å². The summed E-state index contributed by atoms with van der Waals surface area (Å²) >= 11 is 0. The first-order valence-electron chi connectivity index (χ1n) is 14.5. The van der Waals surface area contributed by atoms with Gasteiger partial charge < -0.3 is 10.5 Å². The van der Waals surface area contributed by atoms with Gasteiger partial charge in [0, 0.05) is 6.04 Å². The molecule has 0 aromatic heterocycles. The van der Waals surface area contributed by atoms with Crippen molar-refractivity contribution in [2.75, 3.05) is 0 Å². The minimum atomic E-state index is -0.0166. The second-order valence-corrected chi connectivity index (χ2v) is 13.9. The van der Waals surface area contributed by atoms with E-state index in [0.717, 1.165) is 48.3 Å². The van der Waals surface area contributed by atoms with Crippen LogP contribution in [0, 0.1) is 52.3 Å². The highest BCUT2D eigenvalue weighted by atomic mass is 16.5. The molecule has 0 spiro atoms. The Bertz CT molecular complexity index is 689. The lowest BCUT2D eigenvalue weighted by Gasteiger charge is -2.61. The predicted octanol–water partition coefficient (Wildman–Crippen LogP) is 7.37. The molecule has 0 aromatic carbocycles. The Morgan fingerprint density at radius 1 is 0.909 bits per heavy atom. The number of carbonyl (C=O) groups is 1. The maximum atomic E-state index is 12.2. The molecule has 0 bridgehead atoms. The molecule has 4 aliphatic rings. The van der Waals surface area contributed by atoms with Crippen molar-refractivity contribution in [3.63, 3.8) is 0 Å². The molecule has 2 N–H and O–H groups in total. The Labute approximate surface area is 204 Å². The highest BCUT2D eigenvalue weighted by Crippen LogP contribution is 2.67. The first kappa shape index (κ1) is 25.5. The maximum Gasteiger partial charge on any atom is 0.308 e. The topological polar surface area (TPSA) is 52.3 Å². The van der Waals surface area contributed by atoms with Crippen LogP contribution in [0.1, 0.15) is 119 Å². The van der Waals surface area contributed by atoms with Crippen molar-refractivity contribution in [3.8, 4) is 0 Å². The van der Waals surface area contributed by atoms with Gasteiger partial charge in [0.05, 0.1) is 5.92 Å². The third-order valence-electron chi connectivity index (χ3n) is 11.3. The highest BCUT2D eigenvalue weighted by molar-refractivity contribution is 5.71. The maximum absolute atomic E-state index is 12.2. The Kier molecular flexibility index (Phi) is 7.60. The second kappa shape index (κ2) is 9.82. The molecule has 4 rings (SSSR count). The van der Waals surface area contributed by atoms with E-state index in [0.29, 0.717) is 16.9 Å². The first-order valence-corrected chi connectivity index (χ1v) is 14.5. The van der Waals surface area contributed by atoms with Crippen LogP contribution in [0.2, 0.25) is 0 Å². The summed E-state index contributed by atoms with van der Waals surface area (Å²) < 4.78 is 5.90. The number of ether oxygens (including phenoxy) is 1. The van der Waals surface area contributed by atoms with Crippen molar-refractivity contribution >= 4 is 5.97 Å². The van der Waals surface area contributed by atoms with E-state index in [2.05, 4.69) is 27.7 Å². The quantitative estimate of drug-likeness (QED) is 0.404. The predicted molar refractivity (Wildman–Crippen MR) is 137 cm³/mol. The highest BCUT2D eigenvalue weighted by Gasteiger charge is 2.60. The number of rotatable bonds is 7. The van der Waals surface area contributed by atoms with Crippen molar-refractivity contribution in [2.24, 2.45) is 58.0 Å². The smallest absolute Gasteiger partial charge is 0.308 e. The summed E-state index contributed by atoms with van der Waals surface area (Å²) in [5, 5.41) is 0. The molecule has 0 saturated heterocycles. The summed E-state index contributed by atoms with van der Waals surface area (Å²) in [6, 6.07) is 0.397. The van der Waals surface area contributed by atoms with Gasteiger partial charge in [-0.1, -0.05) is 54.4 Å². The zero-order valence-electron chi connectivity index (χ0n) is 22.6. The van der Waals surface area contributed by atoms with Crippen molar-refractivity contribution in [1.82, 2.24) is 0 Å². The zero-order chi connectivity index (χ0) is 24.0. The third kappa shape index (κ3) is 4.78. The number of hydrogen-bond acceptors (Lipinski definition) is 3. The van der Waals surface area contributed by atoms with E-state index in [4.69, 9.17) is 10.5 Å². The van der Waals surface area contributed by atoms with E-state index in [1.165, 1.54) is 64.2 Å². The van der Waals surface area contributed by atoms with Gasteiger partial charge in [-0.05, 0) is 111 Å². The molecule has 0 aromatic rings. The molecule has 4 saturated carbocycles. The van der Waals surface area contributed by atoms with E-state index in [1.54, 1.807) is 0 Å². The fraction of sp³-hybridized carbons (Fsp3) is 0.967. The van der Waals surface area contributed by atoms with Gasteiger partial charge in [0.1, 0.15) is 6.10 Å². The monoisotopic (exact) mass is 459 g/mol. The average Bonchev–Trinajstić information content (AvgIpc) is 3.11. The lowest BCUT2D eigenvalue weighted by atomic mass is 9.44. The molecular weight excluding hydrogens is 406 g/mol. The van der Waals surface area contributed by atoms with Crippen LogP contribution < -0.4 is 5.73 Å². The number of carbonyl (C=O) groups excluding carboxylic acids is 1. The van der Waals surface area contributed by atoms with Crippen molar-refractivity contribution in [3.05, 3.63) is 0 Å². The summed E-state index contributed by atoms with van der Waals surface area (Å²) in [7, 11) is 0. The van der Waals surface area contributed by atoms with Crippen LogP contribution in [-0.2, 0) is 9.53 Å². The van der Waals surface area contributed by atoms with Gasteiger partial charge in [0.15, 0.2) is 0 Å². The van der Waals surface area contributed by atoms with Gasteiger partial charge >= 0.3 is 5.97 Å². The molecule has 0 heterocycles. The Morgan fingerprint density at radius 2 is 1.61 bits per heavy atom. The molecule has 3 heteroatoms. The van der Waals surface area contributed by atoms with E-state index in [9.17, 15) is 4.79 Å². The van der Waals surface area contributed by atoms with Crippen molar-refractivity contribution in [2.45, 2.75) is 131 Å². The van der Waals surface area contributed by atoms with Crippen LogP contribution in [0.15, 0.2) is 0 Å². The number of hydrogen-bond donors (Lipinski definition) is 1. The van der Waals surface area contributed by atoms with Gasteiger partial charge in [-0.3, -0.25) is 4.79 Å². The van der Waals surface area contributed by atoms with E-state index in [1.807, 2.05) is 13.8 Å². The van der Waals surface area contributed by atoms with Crippen LogP contribution in [0.5, 0.6) is 0 Å². The first-order chi connectivity index (χ1) is 15.6. The molecule has 0 radical (unpaired) electrons. The second-order valence-electron chi connectivity index (χ2n) is 13.9. The summed E-state index contributed by atoms with van der Waals surface area (Å²) in [5.74, 6) is 4.87. The largest absolute Gasteiger partial charge is 0.462 e. The minimum absolute atomic E-state index is 0.00699. The Hall–Kier alpha value is -0.570. The summed E-state index contributed by atoms with van der Waals surface area (Å²) in [6.07, 6.45) is 15.7. The van der Waals surface area contributed by atoms with Gasteiger partial charge in [0.2, 0.25) is 0 Å². The molecule has 33 heavy (non-hydrogen) atoms. The van der Waals surface area contributed by atoms with Gasteiger partial charge in [0.25, 0.3) is 0 Å². The molecule has 7 unspecified atom stereocenters. The SMILES string of the molecule is CC(C)CCC[C@@H](N)C1CCC2C3CCC4C[C@@H](OC(=O)C(C)C)CCC4(C)C3CCC21C. The average molecular weight is 460 g/mol. The summed E-state index contributed by atoms with van der Waals surface area (Å²) in [6.45, 7) is 13.8. The minimum Gasteiger partial charge on any atom is -0.462 e. The van der Waals surface area contributed by atoms with Gasteiger partial charge in [-0.2, -0.15) is 0 Å². The lowest BCUT2D eigenvalue weighted by molar-refractivity contribution is -0.165. The van der Waals surface area contributed by atoms with Crippen LogP contribution >= 0.6 is 0 Å². The fourth-order valence-corrected chi connectivity index (χ4v) is 9.33. The lowest BCUT2D eigenvalue weighted by Crippen LogP contribution is -2.55. The molecule has 3 nitrogen and oxygen atoms in total. The number of esters is 1. The molecule has 0 aliphatic heterocycles. The van der Waals surface area contributed by atoms with E-state index >= 15 is 0 Å². The Morgan fingerprint density at radius 3 is 2.30 bits per heavy atom. The molecule has 4 fully saturated rings. The van der Waals surface area contributed by atoms with Gasteiger partial charge in [-0.25, -0.2) is 0 Å². The van der Waals surface area contributed by atoms with Crippen LogP contribution in [0.25, 0.3) is 0 Å². The number of nitrogens with two attached hydrogens (primary N) is 1. The summed E-state index contributed by atoms with van der Waals surface area (Å²) in [5.41, 5.74) is 7.80. The van der Waals surface area contributed by atoms with E-state index in [-0.39, 0.29) is 18.0 Å². The molecule has 0 amide bonds. The molecule has 9 atom stereocenters. The molecule has 4 aliphatic carbocycles. The third-order valence-corrected chi connectivity index (χ3v) is 11.3. The van der Waals surface area contributed by atoms with Crippen LogP contribution in [-0.4, -0.2) is 18.1 Å². The summed E-state index contributed by atoms with van der Waals surface area (Å²) in [4.78, 5) is 12.2. The van der Waals surface area contributed by atoms with E-state index < -0.39 is 0 Å². The molecule has 190 valence electrons. The standard InChI is InChI=1S/C30H53NO2/c1-19(2)8-7-9-27(31)26-13-12-24-23-11-10-21-18-22(33-28(32)20(3)4)14-16-29(21,5)25(23)15-17-30(24,26)6/h19-27H,7-18,31H2,1-6H3/t21?,22-,23?,24?,25?,26?,27+,29?,30?/m0/s1. The van der Waals surface area contributed by atoms with Crippen LogP contribution in [0.3, 0.4) is 0 Å². The van der Waals surface area contributed by atoms with Crippen molar-refractivity contribution < 1.29 is 9.53 Å². The Balaban J connectivity index is 1.41. The van der Waals surface area contributed by atoms with Gasteiger partial charge in [-0.15, -0.1) is 0 Å². The van der Waals surface area contributed by atoms with Crippen molar-refractivity contribution in [1.29, 1.82) is 0 Å². The molecular formula is C30H53NO2. The fourth-order valence-electron chi connectivity index (χ4n) is 9.33. The zero-order valence-corrected chi connectivity index (χ0v) is 22.6. The normalized spacial score (nSPS) is 43.7. The number of fused-ring (bicyclic) bond motifs is 5.